The van der Waals surface area contributed by atoms with Crippen molar-refractivity contribution in [2.45, 2.75) is 18.4 Å². The molecular weight excluding hydrogens is 459 g/mol. The van der Waals surface area contributed by atoms with Crippen LogP contribution in [0.4, 0.5) is 18.0 Å². The predicted octanol–water partition coefficient (Wildman–Crippen LogP) is 5.29. The maximum absolute atomic E-state index is 14.2. The van der Waals surface area contributed by atoms with Gasteiger partial charge in [0.1, 0.15) is 23.5 Å². The number of amides is 1. The van der Waals surface area contributed by atoms with Crippen LogP contribution in [0.2, 0.25) is 5.02 Å². The van der Waals surface area contributed by atoms with Gasteiger partial charge in [-0.1, -0.05) is 60.1 Å². The van der Waals surface area contributed by atoms with Crippen molar-refractivity contribution in [1.82, 2.24) is 5.32 Å². The minimum Gasteiger partial charge on any atom is -0.480 e. The summed E-state index contributed by atoms with van der Waals surface area (Å²) in [5.74, 6) is -6.05. The number of hydrogen-bond acceptors (Lipinski definition) is 3. The highest BCUT2D eigenvalue weighted by Crippen LogP contribution is 2.44. The molecule has 1 unspecified atom stereocenters. The van der Waals surface area contributed by atoms with E-state index >= 15 is 0 Å². The Labute approximate surface area is 191 Å². The smallest absolute Gasteiger partial charge is 0.407 e. The molecule has 1 aliphatic carbocycles. The zero-order chi connectivity index (χ0) is 23.7. The molecule has 0 fully saturated rings. The summed E-state index contributed by atoms with van der Waals surface area (Å²) in [5, 5.41) is 10.5. The van der Waals surface area contributed by atoms with Crippen LogP contribution in [-0.4, -0.2) is 29.8 Å². The SMILES string of the molecule is O=C(NC(Cc1cc(F)c(F)c(Cl)c1F)C(=O)O)OCC1c2ccccc2-c2ccccc21. The summed E-state index contributed by atoms with van der Waals surface area (Å²) in [6.45, 7) is -0.0580. The van der Waals surface area contributed by atoms with Gasteiger partial charge in [0, 0.05) is 12.3 Å². The number of nitrogens with one attached hydrogen (secondary N) is 1. The molecule has 170 valence electrons. The van der Waals surface area contributed by atoms with Gasteiger partial charge in [-0.05, 0) is 33.9 Å². The average molecular weight is 476 g/mol. The lowest BCUT2D eigenvalue weighted by Crippen LogP contribution is -2.43. The molecule has 1 atom stereocenters. The zero-order valence-corrected chi connectivity index (χ0v) is 17.7. The van der Waals surface area contributed by atoms with Crippen LogP contribution in [0.3, 0.4) is 0 Å². The van der Waals surface area contributed by atoms with Crippen LogP contribution in [0.1, 0.15) is 22.6 Å². The van der Waals surface area contributed by atoms with Crippen LogP contribution >= 0.6 is 11.6 Å². The van der Waals surface area contributed by atoms with Crippen molar-refractivity contribution < 1.29 is 32.6 Å². The molecule has 0 aliphatic heterocycles. The van der Waals surface area contributed by atoms with Crippen LogP contribution in [0.15, 0.2) is 54.6 Å². The summed E-state index contributed by atoms with van der Waals surface area (Å²) in [4.78, 5) is 23.9. The number of aliphatic carboxylic acids is 1. The normalized spacial score (nSPS) is 13.2. The second-order valence-electron chi connectivity index (χ2n) is 7.52. The first-order valence-corrected chi connectivity index (χ1v) is 10.3. The monoisotopic (exact) mass is 475 g/mol. The second-order valence-corrected chi connectivity index (χ2v) is 7.90. The van der Waals surface area contributed by atoms with Crippen molar-refractivity contribution in [2.24, 2.45) is 0 Å². The Morgan fingerprint density at radius 2 is 1.58 bits per heavy atom. The van der Waals surface area contributed by atoms with Crippen LogP contribution in [0.5, 0.6) is 0 Å². The molecule has 0 heterocycles. The number of ether oxygens (including phenoxy) is 1. The molecule has 0 aromatic heterocycles. The number of carboxylic acids is 1. The van der Waals surface area contributed by atoms with E-state index in [0.29, 0.717) is 6.07 Å². The van der Waals surface area contributed by atoms with E-state index in [9.17, 15) is 27.9 Å². The lowest BCUT2D eigenvalue weighted by Gasteiger charge is -2.18. The largest absolute Gasteiger partial charge is 0.480 e. The Bertz CT molecular complexity index is 1200. The predicted molar refractivity (Wildman–Crippen MR) is 115 cm³/mol. The summed E-state index contributed by atoms with van der Waals surface area (Å²) in [6.07, 6.45) is -1.71. The van der Waals surface area contributed by atoms with Gasteiger partial charge in [-0.2, -0.15) is 0 Å². The van der Waals surface area contributed by atoms with Gasteiger partial charge in [0.2, 0.25) is 0 Å². The van der Waals surface area contributed by atoms with E-state index in [-0.39, 0.29) is 12.5 Å². The lowest BCUT2D eigenvalue weighted by atomic mass is 9.98. The Hall–Kier alpha value is -3.52. The zero-order valence-electron chi connectivity index (χ0n) is 16.9. The number of carbonyl (C=O) groups excluding carboxylic acids is 1. The van der Waals surface area contributed by atoms with Gasteiger partial charge in [-0.25, -0.2) is 22.8 Å². The van der Waals surface area contributed by atoms with Gasteiger partial charge >= 0.3 is 12.1 Å². The molecule has 1 aliphatic rings. The van der Waals surface area contributed by atoms with Crippen molar-refractivity contribution in [3.8, 4) is 11.1 Å². The molecule has 1 amide bonds. The number of carboxylic acid groups (broad SMARTS) is 1. The molecule has 0 saturated carbocycles. The van der Waals surface area contributed by atoms with E-state index in [4.69, 9.17) is 16.3 Å². The first kappa shape index (κ1) is 22.7. The molecule has 5 nitrogen and oxygen atoms in total. The molecular formula is C24H17ClF3NO4. The van der Waals surface area contributed by atoms with Gasteiger partial charge in [0.25, 0.3) is 0 Å². The Kier molecular flexibility index (Phi) is 6.29. The average Bonchev–Trinajstić information content (AvgIpc) is 3.13. The molecule has 33 heavy (non-hydrogen) atoms. The maximum atomic E-state index is 14.2. The first-order chi connectivity index (χ1) is 15.8. The van der Waals surface area contributed by atoms with E-state index in [1.165, 1.54) is 0 Å². The molecule has 3 aromatic rings. The quantitative estimate of drug-likeness (QED) is 0.375. The molecule has 3 aromatic carbocycles. The minimum absolute atomic E-state index is 0.0580. The fourth-order valence-corrected chi connectivity index (χ4v) is 4.18. The standard InChI is InChI=1S/C24H17ClF3NO4/c25-20-21(27)12(9-18(26)22(20)28)10-19(23(30)31)29-24(32)33-11-17-15-7-3-1-5-13(15)14-6-2-4-8-16(14)17/h1-9,17,19H,10-11H2,(H,29,32)(H,30,31). The van der Waals surface area contributed by atoms with Gasteiger partial charge in [0.15, 0.2) is 11.6 Å². The van der Waals surface area contributed by atoms with Gasteiger partial charge in [-0.3, -0.25) is 0 Å². The second kappa shape index (κ2) is 9.15. The number of benzene rings is 3. The number of halogens is 4. The van der Waals surface area contributed by atoms with E-state index < -0.39 is 52.6 Å². The fourth-order valence-electron chi connectivity index (χ4n) is 3.97. The maximum Gasteiger partial charge on any atom is 0.407 e. The van der Waals surface area contributed by atoms with E-state index in [2.05, 4.69) is 5.32 Å². The van der Waals surface area contributed by atoms with E-state index in [0.717, 1.165) is 22.3 Å². The molecule has 0 saturated heterocycles. The Morgan fingerprint density at radius 3 is 2.15 bits per heavy atom. The Balaban J connectivity index is 1.46. The number of carbonyl (C=O) groups is 2. The number of alkyl carbamates (subject to hydrolysis) is 1. The Morgan fingerprint density at radius 1 is 1.00 bits per heavy atom. The first-order valence-electron chi connectivity index (χ1n) is 9.94. The lowest BCUT2D eigenvalue weighted by molar-refractivity contribution is -0.139. The van der Waals surface area contributed by atoms with Crippen molar-refractivity contribution >= 4 is 23.7 Å². The minimum atomic E-state index is -1.66. The van der Waals surface area contributed by atoms with Crippen molar-refractivity contribution in [3.63, 3.8) is 0 Å². The number of rotatable bonds is 6. The molecule has 9 heteroatoms. The number of hydrogen-bond donors (Lipinski definition) is 2. The molecule has 0 bridgehead atoms. The highest BCUT2D eigenvalue weighted by atomic mass is 35.5. The summed E-state index contributed by atoms with van der Waals surface area (Å²) in [5.41, 5.74) is 3.50. The van der Waals surface area contributed by atoms with Crippen LogP contribution in [-0.2, 0) is 16.0 Å². The summed E-state index contributed by atoms with van der Waals surface area (Å²) < 4.78 is 46.4. The third-order valence-electron chi connectivity index (χ3n) is 5.54. The highest BCUT2D eigenvalue weighted by molar-refractivity contribution is 6.31. The van der Waals surface area contributed by atoms with Crippen molar-refractivity contribution in [1.29, 1.82) is 0 Å². The third kappa shape index (κ3) is 4.39. The van der Waals surface area contributed by atoms with E-state index in [1.807, 2.05) is 48.5 Å². The molecule has 4 rings (SSSR count). The number of fused-ring (bicyclic) bond motifs is 3. The highest BCUT2D eigenvalue weighted by Gasteiger charge is 2.30. The fraction of sp³-hybridized carbons (Fsp3) is 0.167. The van der Waals surface area contributed by atoms with Crippen molar-refractivity contribution in [2.75, 3.05) is 6.61 Å². The van der Waals surface area contributed by atoms with E-state index in [1.54, 1.807) is 0 Å². The molecule has 0 spiro atoms. The molecule has 0 radical (unpaired) electrons. The topological polar surface area (TPSA) is 75.6 Å². The summed E-state index contributed by atoms with van der Waals surface area (Å²) >= 11 is 5.41. The van der Waals surface area contributed by atoms with Gasteiger partial charge < -0.3 is 15.2 Å². The summed E-state index contributed by atoms with van der Waals surface area (Å²) in [6, 6.07) is 14.2. The van der Waals surface area contributed by atoms with Crippen molar-refractivity contribution in [3.05, 3.63) is 93.8 Å². The van der Waals surface area contributed by atoms with Crippen LogP contribution < -0.4 is 5.32 Å². The summed E-state index contributed by atoms with van der Waals surface area (Å²) in [7, 11) is 0. The van der Waals surface area contributed by atoms with Gasteiger partial charge in [-0.15, -0.1) is 0 Å². The molecule has 2 N–H and O–H groups in total. The van der Waals surface area contributed by atoms with Crippen LogP contribution in [0, 0.1) is 17.5 Å². The third-order valence-corrected chi connectivity index (χ3v) is 5.87. The van der Waals surface area contributed by atoms with Crippen LogP contribution in [0.25, 0.3) is 11.1 Å². The van der Waals surface area contributed by atoms with Gasteiger partial charge in [0.05, 0.1) is 0 Å².